The summed E-state index contributed by atoms with van der Waals surface area (Å²) < 4.78 is 2.20. The predicted molar refractivity (Wildman–Crippen MR) is 123 cm³/mol. The van der Waals surface area contributed by atoms with E-state index in [-0.39, 0.29) is 5.91 Å². The van der Waals surface area contributed by atoms with E-state index < -0.39 is 0 Å². The van der Waals surface area contributed by atoms with Gasteiger partial charge in [0.25, 0.3) is 5.91 Å². The molecule has 0 N–H and O–H groups in total. The van der Waals surface area contributed by atoms with Crippen LogP contribution in [0.4, 0.5) is 0 Å². The van der Waals surface area contributed by atoms with Crippen molar-refractivity contribution in [3.05, 3.63) is 108 Å². The van der Waals surface area contributed by atoms with Crippen LogP contribution in [0.3, 0.4) is 0 Å². The number of carbonyl (C=O) groups excluding carboxylic acids is 1. The monoisotopic (exact) mass is 406 g/mol. The Morgan fingerprint density at radius 3 is 2.58 bits per heavy atom. The highest BCUT2D eigenvalue weighted by molar-refractivity contribution is 5.93. The van der Waals surface area contributed by atoms with Gasteiger partial charge in [-0.15, -0.1) is 0 Å². The van der Waals surface area contributed by atoms with Crippen LogP contribution in [0.5, 0.6) is 0 Å². The molecule has 0 saturated carbocycles. The van der Waals surface area contributed by atoms with Crippen molar-refractivity contribution in [3.8, 4) is 0 Å². The molecule has 2 aromatic heterocycles. The molecule has 0 fully saturated rings. The van der Waals surface area contributed by atoms with Crippen molar-refractivity contribution in [3.63, 3.8) is 0 Å². The molecule has 1 amide bonds. The van der Waals surface area contributed by atoms with Gasteiger partial charge in [-0.05, 0) is 46.7 Å². The third kappa shape index (κ3) is 3.78. The van der Waals surface area contributed by atoms with Gasteiger partial charge in [0.05, 0.1) is 23.1 Å². The summed E-state index contributed by atoms with van der Waals surface area (Å²) in [6.45, 7) is 1.10. The van der Waals surface area contributed by atoms with E-state index in [1.807, 2.05) is 18.2 Å². The number of nitrogens with zero attached hydrogens (tertiary/aromatic N) is 4. The number of rotatable bonds is 5. The van der Waals surface area contributed by atoms with E-state index in [9.17, 15) is 4.79 Å². The molecule has 5 rings (SSSR count). The van der Waals surface area contributed by atoms with Gasteiger partial charge >= 0.3 is 0 Å². The minimum absolute atomic E-state index is 0.0718. The summed E-state index contributed by atoms with van der Waals surface area (Å²) in [5.41, 5.74) is 3.76. The van der Waals surface area contributed by atoms with E-state index in [1.54, 1.807) is 36.5 Å². The zero-order chi connectivity index (χ0) is 21.2. The quantitative estimate of drug-likeness (QED) is 0.417. The standard InChI is InChI=1S/C26H22N4O/c1-29(26(31)22-9-6-14-27-16-22)18-25-28-23-10-4-5-11-24(23)30(25)17-19-12-13-20-7-2-3-8-21(20)15-19/h2-16H,17-18H2,1H3. The molecule has 31 heavy (non-hydrogen) atoms. The molecular weight excluding hydrogens is 384 g/mol. The highest BCUT2D eigenvalue weighted by atomic mass is 16.2. The van der Waals surface area contributed by atoms with Crippen LogP contribution in [0.15, 0.2) is 91.3 Å². The fourth-order valence-corrected chi connectivity index (χ4v) is 3.94. The van der Waals surface area contributed by atoms with Crippen LogP contribution in [-0.2, 0) is 13.1 Å². The minimum Gasteiger partial charge on any atom is -0.334 e. The van der Waals surface area contributed by atoms with Gasteiger partial charge in [-0.1, -0.05) is 48.5 Å². The summed E-state index contributed by atoms with van der Waals surface area (Å²) in [5, 5.41) is 2.44. The summed E-state index contributed by atoms with van der Waals surface area (Å²) in [7, 11) is 1.80. The molecule has 0 bridgehead atoms. The molecule has 0 atom stereocenters. The molecule has 0 spiro atoms. The molecule has 152 valence electrons. The van der Waals surface area contributed by atoms with Crippen molar-refractivity contribution >= 4 is 27.7 Å². The largest absolute Gasteiger partial charge is 0.334 e. The lowest BCUT2D eigenvalue weighted by atomic mass is 10.1. The molecule has 0 radical (unpaired) electrons. The Labute approximate surface area is 180 Å². The number of pyridine rings is 1. The van der Waals surface area contributed by atoms with E-state index in [4.69, 9.17) is 4.98 Å². The smallest absolute Gasteiger partial charge is 0.255 e. The number of imidazole rings is 1. The second kappa shape index (κ2) is 8.03. The van der Waals surface area contributed by atoms with Crippen molar-refractivity contribution < 1.29 is 4.79 Å². The molecule has 0 aliphatic carbocycles. The normalized spacial score (nSPS) is 11.1. The van der Waals surface area contributed by atoms with E-state index >= 15 is 0 Å². The van der Waals surface area contributed by atoms with Crippen LogP contribution in [0, 0.1) is 0 Å². The van der Waals surface area contributed by atoms with Crippen LogP contribution in [0.2, 0.25) is 0 Å². The third-order valence-corrected chi connectivity index (χ3v) is 5.52. The Morgan fingerprint density at radius 2 is 1.74 bits per heavy atom. The van der Waals surface area contributed by atoms with Crippen molar-refractivity contribution in [2.45, 2.75) is 13.1 Å². The molecule has 2 heterocycles. The van der Waals surface area contributed by atoms with Gasteiger partial charge in [-0.2, -0.15) is 0 Å². The highest BCUT2D eigenvalue weighted by Gasteiger charge is 2.17. The van der Waals surface area contributed by atoms with Crippen LogP contribution >= 0.6 is 0 Å². The number of benzene rings is 3. The number of amides is 1. The fourth-order valence-electron chi connectivity index (χ4n) is 3.94. The Morgan fingerprint density at radius 1 is 0.935 bits per heavy atom. The number of fused-ring (bicyclic) bond motifs is 2. The Balaban J connectivity index is 1.49. The second-order valence-electron chi connectivity index (χ2n) is 7.69. The van der Waals surface area contributed by atoms with Crippen LogP contribution < -0.4 is 0 Å². The minimum atomic E-state index is -0.0718. The number of hydrogen-bond acceptors (Lipinski definition) is 3. The van der Waals surface area contributed by atoms with Crippen LogP contribution in [0.1, 0.15) is 21.7 Å². The first kappa shape index (κ1) is 19.0. The van der Waals surface area contributed by atoms with Crippen molar-refractivity contribution in [1.29, 1.82) is 0 Å². The van der Waals surface area contributed by atoms with E-state index in [2.05, 4.69) is 58.1 Å². The molecule has 5 heteroatoms. The van der Waals surface area contributed by atoms with Gasteiger partial charge in [0.1, 0.15) is 5.82 Å². The predicted octanol–water partition coefficient (Wildman–Crippen LogP) is 4.91. The van der Waals surface area contributed by atoms with Crippen LogP contribution in [-0.4, -0.2) is 32.4 Å². The van der Waals surface area contributed by atoms with E-state index in [1.165, 1.54) is 16.3 Å². The first-order valence-corrected chi connectivity index (χ1v) is 10.3. The summed E-state index contributed by atoms with van der Waals surface area (Å²) in [5.74, 6) is 0.784. The van der Waals surface area contributed by atoms with E-state index in [0.717, 1.165) is 16.9 Å². The number of aromatic nitrogens is 3. The summed E-state index contributed by atoms with van der Waals surface area (Å²) in [6.07, 6.45) is 3.26. The van der Waals surface area contributed by atoms with Gasteiger partial charge in [0.15, 0.2) is 0 Å². The summed E-state index contributed by atoms with van der Waals surface area (Å²) >= 11 is 0. The zero-order valence-corrected chi connectivity index (χ0v) is 17.3. The summed E-state index contributed by atoms with van der Waals surface area (Å²) in [4.78, 5) is 23.4. The van der Waals surface area contributed by atoms with Crippen molar-refractivity contribution in [2.75, 3.05) is 7.05 Å². The van der Waals surface area contributed by atoms with Gasteiger partial charge in [0.2, 0.25) is 0 Å². The maximum atomic E-state index is 12.8. The lowest BCUT2D eigenvalue weighted by molar-refractivity contribution is 0.0780. The lowest BCUT2D eigenvalue weighted by Crippen LogP contribution is -2.28. The maximum absolute atomic E-state index is 12.8. The number of carbonyl (C=O) groups is 1. The molecule has 5 aromatic rings. The first-order chi connectivity index (χ1) is 15.2. The molecule has 3 aromatic carbocycles. The molecule has 0 aliphatic rings. The first-order valence-electron chi connectivity index (χ1n) is 10.3. The Bertz CT molecular complexity index is 1370. The SMILES string of the molecule is CN(Cc1nc2ccccc2n1Cc1ccc2ccccc2c1)C(=O)c1cccnc1. The Hall–Kier alpha value is -3.99. The average Bonchev–Trinajstić information content (AvgIpc) is 3.16. The van der Waals surface area contributed by atoms with Gasteiger partial charge in [-0.25, -0.2) is 4.98 Å². The molecule has 0 aliphatic heterocycles. The highest BCUT2D eigenvalue weighted by Crippen LogP contribution is 2.22. The average molecular weight is 406 g/mol. The van der Waals surface area contributed by atoms with Gasteiger partial charge < -0.3 is 9.47 Å². The molecule has 5 nitrogen and oxygen atoms in total. The topological polar surface area (TPSA) is 51.0 Å². The summed E-state index contributed by atoms with van der Waals surface area (Å²) in [6, 6.07) is 26.6. The lowest BCUT2D eigenvalue weighted by Gasteiger charge is -2.18. The molecule has 0 unspecified atom stereocenters. The Kier molecular flexibility index (Phi) is 4.92. The maximum Gasteiger partial charge on any atom is 0.255 e. The van der Waals surface area contributed by atoms with Crippen molar-refractivity contribution in [2.24, 2.45) is 0 Å². The fraction of sp³-hybridized carbons (Fsp3) is 0.115. The van der Waals surface area contributed by atoms with Crippen molar-refractivity contribution in [1.82, 2.24) is 19.4 Å². The van der Waals surface area contributed by atoms with Gasteiger partial charge in [0, 0.05) is 26.0 Å². The third-order valence-electron chi connectivity index (χ3n) is 5.52. The second-order valence-corrected chi connectivity index (χ2v) is 7.69. The van der Waals surface area contributed by atoms with E-state index in [0.29, 0.717) is 18.7 Å². The molecular formula is C26H22N4O. The van der Waals surface area contributed by atoms with Crippen LogP contribution in [0.25, 0.3) is 21.8 Å². The molecule has 0 saturated heterocycles. The number of hydrogen-bond donors (Lipinski definition) is 0. The zero-order valence-electron chi connectivity index (χ0n) is 17.3. The number of para-hydroxylation sites is 2. The van der Waals surface area contributed by atoms with Gasteiger partial charge in [-0.3, -0.25) is 9.78 Å².